The van der Waals surface area contributed by atoms with Crippen molar-refractivity contribution in [1.82, 2.24) is 36.3 Å². The quantitative estimate of drug-likeness (QED) is 0.0408. The maximum Gasteiger partial charge on any atom is 0.305 e. The number of carboxylic acids is 3. The van der Waals surface area contributed by atoms with Gasteiger partial charge in [-0.05, 0) is 65.3 Å². The van der Waals surface area contributed by atoms with E-state index < -0.39 is 138 Å². The van der Waals surface area contributed by atoms with Crippen LogP contribution in [-0.4, -0.2) is 119 Å². The van der Waals surface area contributed by atoms with E-state index in [1.54, 1.807) is 42.6 Å². The Balaban J connectivity index is 1.55. The van der Waals surface area contributed by atoms with Crippen molar-refractivity contribution in [3.63, 3.8) is 0 Å². The zero-order chi connectivity index (χ0) is 51.9. The molecule has 0 saturated carbocycles. The van der Waals surface area contributed by atoms with Gasteiger partial charge in [-0.2, -0.15) is 4.72 Å². The van der Waals surface area contributed by atoms with Crippen molar-refractivity contribution >= 4 is 74.3 Å². The van der Waals surface area contributed by atoms with Crippen LogP contribution in [0, 0.1) is 5.82 Å². The highest BCUT2D eigenvalue weighted by Gasteiger charge is 2.34. The highest BCUT2D eigenvalue weighted by atomic mass is 32.2. The van der Waals surface area contributed by atoms with Crippen molar-refractivity contribution in [1.29, 1.82) is 0 Å². The molecule has 6 amide bonds. The van der Waals surface area contributed by atoms with Gasteiger partial charge in [0, 0.05) is 42.8 Å². The maximum atomic E-state index is 14.3. The molecule has 4 rings (SSSR count). The molecule has 3 aromatic carbocycles. The van der Waals surface area contributed by atoms with Crippen LogP contribution < -0.4 is 37.0 Å². The predicted molar refractivity (Wildman–Crippen MR) is 247 cm³/mol. The molecule has 5 atom stereocenters. The molecule has 0 bridgehead atoms. The van der Waals surface area contributed by atoms with E-state index in [4.69, 9.17) is 5.73 Å². The third-order valence-electron chi connectivity index (χ3n) is 10.7. The Kier molecular flexibility index (Phi) is 19.2. The van der Waals surface area contributed by atoms with Crippen molar-refractivity contribution < 1.29 is 71.3 Å². The number of nitrogens with one attached hydrogen (secondary N) is 7. The summed E-state index contributed by atoms with van der Waals surface area (Å²) in [5, 5.41) is 40.4. The standard InChI is InChI=1S/C46H55FN8O14S/c1-46(2,3)27-11-13-29(14-12-27)70(68,69)55-36(22-40(61)62)45(67)53-33(16-18-39(59)60)42(64)50-24-37(56)51-34(20-25-7-6-8-28(47)19-25)43(65)54-35(21-26-23-49-31-10-5-4-9-30(26)31)44(66)52-32(41(48)63)15-17-38(57)58/h4-14,19,23,32-36,49,55H,15-18,20-22,24H2,1-3H3,(H2,48,63)(H,50,64)(H,51,56)(H,52,66)(H,53,67)(H,54,65)(H,57,58)(H,59,60)(H,61,62)/t32-,33-,34-,35-,36+/m0/s1. The average molecular weight is 995 g/mol. The number of benzene rings is 3. The molecule has 22 nitrogen and oxygen atoms in total. The maximum absolute atomic E-state index is 14.3. The number of primary amides is 1. The highest BCUT2D eigenvalue weighted by Crippen LogP contribution is 2.24. The molecule has 4 aromatic rings. The van der Waals surface area contributed by atoms with E-state index in [-0.39, 0.29) is 28.7 Å². The van der Waals surface area contributed by atoms with E-state index in [9.17, 15) is 71.3 Å². The second kappa shape index (κ2) is 24.5. The number of rotatable bonds is 26. The molecule has 24 heteroatoms. The van der Waals surface area contributed by atoms with E-state index in [1.807, 2.05) is 25.5 Å². The first-order valence-electron chi connectivity index (χ1n) is 21.7. The second-order valence-corrected chi connectivity index (χ2v) is 18.9. The van der Waals surface area contributed by atoms with E-state index in [0.717, 1.165) is 17.7 Å². The van der Waals surface area contributed by atoms with Crippen LogP contribution in [0.4, 0.5) is 4.39 Å². The van der Waals surface area contributed by atoms with Crippen molar-refractivity contribution in [3.05, 3.63) is 102 Å². The van der Waals surface area contributed by atoms with Gasteiger partial charge in [0.1, 0.15) is 36.0 Å². The molecule has 0 aliphatic carbocycles. The van der Waals surface area contributed by atoms with Gasteiger partial charge in [-0.25, -0.2) is 12.8 Å². The summed E-state index contributed by atoms with van der Waals surface area (Å²) in [5.41, 5.74) is 7.26. The summed E-state index contributed by atoms with van der Waals surface area (Å²) in [6, 6.07) is 9.14. The van der Waals surface area contributed by atoms with Gasteiger partial charge in [-0.15, -0.1) is 0 Å². The lowest BCUT2D eigenvalue weighted by molar-refractivity contribution is -0.140. The van der Waals surface area contributed by atoms with Crippen LogP contribution in [0.1, 0.15) is 69.6 Å². The Labute approximate surface area is 400 Å². The second-order valence-electron chi connectivity index (χ2n) is 17.2. The Bertz CT molecular complexity index is 2710. The molecular formula is C46H55FN8O14S. The minimum atomic E-state index is -4.55. The highest BCUT2D eigenvalue weighted by molar-refractivity contribution is 7.89. The number of sulfonamides is 1. The summed E-state index contributed by atoms with van der Waals surface area (Å²) in [6.07, 6.45) is -2.42. The fraction of sp³-hybridized carbons (Fsp3) is 0.370. The number of halogens is 1. The summed E-state index contributed by atoms with van der Waals surface area (Å²) in [4.78, 5) is 118. The number of fused-ring (bicyclic) bond motifs is 1. The molecule has 0 radical (unpaired) electrons. The molecule has 1 aromatic heterocycles. The minimum Gasteiger partial charge on any atom is -0.481 e. The number of H-pyrrole nitrogens is 1. The van der Waals surface area contributed by atoms with Gasteiger partial charge < -0.3 is 52.6 Å². The van der Waals surface area contributed by atoms with Crippen LogP contribution in [-0.2, 0) is 71.4 Å². The number of nitrogens with two attached hydrogens (primary N) is 1. The van der Waals surface area contributed by atoms with Gasteiger partial charge >= 0.3 is 17.9 Å². The molecule has 0 aliphatic rings. The Morgan fingerprint density at radius 3 is 1.83 bits per heavy atom. The van der Waals surface area contributed by atoms with Gasteiger partial charge in [-0.3, -0.25) is 43.2 Å². The van der Waals surface area contributed by atoms with Crippen LogP contribution >= 0.6 is 0 Å². The normalized spacial score (nSPS) is 13.7. The molecule has 0 spiro atoms. The third-order valence-corrected chi connectivity index (χ3v) is 12.2. The van der Waals surface area contributed by atoms with Crippen LogP contribution in [0.2, 0.25) is 0 Å². The fourth-order valence-corrected chi connectivity index (χ4v) is 8.23. The average Bonchev–Trinajstić information content (AvgIpc) is 3.69. The zero-order valence-corrected chi connectivity index (χ0v) is 39.1. The number of amides is 6. The topological polar surface area (TPSA) is 362 Å². The molecular weight excluding hydrogens is 940 g/mol. The number of carboxylic acid groups (broad SMARTS) is 3. The van der Waals surface area contributed by atoms with Gasteiger partial charge in [0.2, 0.25) is 45.5 Å². The summed E-state index contributed by atoms with van der Waals surface area (Å²) < 4.78 is 43.0. The third kappa shape index (κ3) is 16.8. The van der Waals surface area contributed by atoms with Crippen LogP contribution in [0.15, 0.2) is 83.9 Å². The molecule has 1 heterocycles. The first-order valence-corrected chi connectivity index (χ1v) is 23.2. The number of aromatic amines is 1. The van der Waals surface area contributed by atoms with E-state index in [0.29, 0.717) is 16.5 Å². The Hall–Kier alpha value is -7.73. The summed E-state index contributed by atoms with van der Waals surface area (Å²) in [7, 11) is -4.55. The molecule has 376 valence electrons. The zero-order valence-electron chi connectivity index (χ0n) is 38.2. The summed E-state index contributed by atoms with van der Waals surface area (Å²) in [5.74, 6) is -11.6. The lowest BCUT2D eigenvalue weighted by Gasteiger charge is -2.25. The number of aromatic nitrogens is 1. The number of aliphatic carboxylic acids is 3. The minimum absolute atomic E-state index is 0.189. The van der Waals surface area contributed by atoms with Gasteiger partial charge in [-0.1, -0.05) is 63.2 Å². The number of hydrogen-bond acceptors (Lipinski definition) is 11. The molecule has 70 heavy (non-hydrogen) atoms. The number of hydrogen-bond donors (Lipinski definition) is 11. The van der Waals surface area contributed by atoms with Gasteiger partial charge in [0.15, 0.2) is 0 Å². The van der Waals surface area contributed by atoms with Crippen LogP contribution in [0.25, 0.3) is 10.9 Å². The monoisotopic (exact) mass is 994 g/mol. The van der Waals surface area contributed by atoms with E-state index in [2.05, 4.69) is 31.6 Å². The molecule has 0 saturated heterocycles. The Morgan fingerprint density at radius 2 is 1.24 bits per heavy atom. The SMILES string of the molecule is CC(C)(C)c1ccc(S(=O)(=O)N[C@H](CC(=O)O)C(=O)N[C@@H](CCC(=O)O)C(=O)NCC(=O)N[C@@H](Cc2cccc(F)c2)C(=O)N[C@@H](Cc2c[nH]c3ccccc23)C(=O)N[C@@H](CCC(=O)O)C(N)=O)cc1. The van der Waals surface area contributed by atoms with Crippen molar-refractivity contribution in [2.75, 3.05) is 6.54 Å². The Morgan fingerprint density at radius 1 is 0.671 bits per heavy atom. The van der Waals surface area contributed by atoms with E-state index >= 15 is 0 Å². The van der Waals surface area contributed by atoms with Crippen LogP contribution in [0.3, 0.4) is 0 Å². The number of carbonyl (C=O) groups is 9. The molecule has 0 fully saturated rings. The van der Waals surface area contributed by atoms with Gasteiger partial charge in [0.05, 0.1) is 17.9 Å². The first-order chi connectivity index (χ1) is 32.8. The lowest BCUT2D eigenvalue weighted by atomic mass is 9.87. The molecule has 0 unspecified atom stereocenters. The summed E-state index contributed by atoms with van der Waals surface area (Å²) >= 11 is 0. The van der Waals surface area contributed by atoms with Gasteiger partial charge in [0.25, 0.3) is 0 Å². The predicted octanol–water partition coefficient (Wildman–Crippen LogP) is 0.482. The lowest BCUT2D eigenvalue weighted by Crippen LogP contribution is -2.58. The number of carbonyl (C=O) groups excluding carboxylic acids is 6. The van der Waals surface area contributed by atoms with Crippen LogP contribution in [0.5, 0.6) is 0 Å². The first kappa shape index (κ1) is 54.9. The fourth-order valence-electron chi connectivity index (χ4n) is 7.03. The number of para-hydroxylation sites is 1. The van der Waals surface area contributed by atoms with Crippen molar-refractivity contribution in [3.8, 4) is 0 Å². The van der Waals surface area contributed by atoms with E-state index in [1.165, 1.54) is 24.3 Å². The largest absolute Gasteiger partial charge is 0.481 e. The summed E-state index contributed by atoms with van der Waals surface area (Å²) in [6.45, 7) is 4.74. The smallest absolute Gasteiger partial charge is 0.305 e. The van der Waals surface area contributed by atoms with Crippen molar-refractivity contribution in [2.24, 2.45) is 5.73 Å². The van der Waals surface area contributed by atoms with Crippen molar-refractivity contribution in [2.45, 2.75) is 106 Å². The molecule has 0 aliphatic heterocycles. The molecule has 12 N–H and O–H groups in total.